The summed E-state index contributed by atoms with van der Waals surface area (Å²) in [6.45, 7) is 4.82. The lowest BCUT2D eigenvalue weighted by molar-refractivity contribution is -0.138. The fourth-order valence-electron chi connectivity index (χ4n) is 3.23. The molecule has 1 saturated carbocycles. The third-order valence-electron chi connectivity index (χ3n) is 4.30. The Morgan fingerprint density at radius 3 is 2.20 bits per heavy atom. The maximum atomic E-state index is 12.3. The maximum absolute atomic E-state index is 12.3. The molecule has 0 aliphatic heterocycles. The van der Waals surface area contributed by atoms with Crippen LogP contribution in [0.15, 0.2) is 0 Å². The lowest BCUT2D eigenvalue weighted by atomic mass is 9.79. The van der Waals surface area contributed by atoms with Crippen LogP contribution in [0.5, 0.6) is 0 Å². The number of rotatable bonds is 7. The molecule has 0 bridgehead atoms. The topological polar surface area (TPSA) is 15.3 Å². The van der Waals surface area contributed by atoms with Crippen molar-refractivity contribution in [1.82, 2.24) is 10.2 Å². The minimum Gasteiger partial charge on any atom is -0.316 e. The van der Waals surface area contributed by atoms with Gasteiger partial charge in [0.15, 0.2) is 0 Å². The van der Waals surface area contributed by atoms with Crippen molar-refractivity contribution >= 4 is 0 Å². The summed E-state index contributed by atoms with van der Waals surface area (Å²) in [4.78, 5) is 1.87. The van der Waals surface area contributed by atoms with Crippen LogP contribution in [-0.2, 0) is 0 Å². The average Bonchev–Trinajstić information content (AvgIpc) is 2.59. The molecule has 0 heterocycles. The van der Waals surface area contributed by atoms with E-state index in [2.05, 4.69) is 12.2 Å². The summed E-state index contributed by atoms with van der Waals surface area (Å²) in [5.74, 6) is 0. The Labute approximate surface area is 121 Å². The SMILES string of the molecule is CCNCC1(CN(C)CCC(F)(F)F)CCCCCC1. The van der Waals surface area contributed by atoms with E-state index in [1.807, 2.05) is 11.9 Å². The van der Waals surface area contributed by atoms with Crippen LogP contribution >= 0.6 is 0 Å². The highest BCUT2D eigenvalue weighted by Gasteiger charge is 2.33. The van der Waals surface area contributed by atoms with E-state index in [0.717, 1.165) is 32.5 Å². The Bertz CT molecular complexity index is 258. The minimum absolute atomic E-state index is 0.109. The summed E-state index contributed by atoms with van der Waals surface area (Å²) in [6.07, 6.45) is 2.46. The highest BCUT2D eigenvalue weighted by molar-refractivity contribution is 4.86. The van der Waals surface area contributed by atoms with Crippen molar-refractivity contribution in [2.45, 2.75) is 58.0 Å². The molecule has 0 saturated heterocycles. The molecule has 0 aromatic heterocycles. The van der Waals surface area contributed by atoms with E-state index in [1.165, 1.54) is 25.7 Å². The van der Waals surface area contributed by atoms with Gasteiger partial charge in [0.05, 0.1) is 6.42 Å². The second-order valence-corrected chi connectivity index (χ2v) is 6.30. The van der Waals surface area contributed by atoms with Crippen LogP contribution in [0.1, 0.15) is 51.9 Å². The van der Waals surface area contributed by atoms with Gasteiger partial charge in [-0.1, -0.05) is 32.6 Å². The van der Waals surface area contributed by atoms with Crippen molar-refractivity contribution in [3.63, 3.8) is 0 Å². The molecule has 1 N–H and O–H groups in total. The van der Waals surface area contributed by atoms with Crippen LogP contribution in [0.2, 0.25) is 0 Å². The molecule has 5 heteroatoms. The monoisotopic (exact) mass is 294 g/mol. The Kier molecular flexibility index (Phi) is 7.30. The standard InChI is InChI=1S/C15H29F3N2/c1-3-19-12-14(8-6-4-5-7-9-14)13-20(2)11-10-15(16,17)18/h19H,3-13H2,1-2H3. The van der Waals surface area contributed by atoms with Crippen LogP contribution < -0.4 is 5.32 Å². The Balaban J connectivity index is 2.54. The summed E-state index contributed by atoms with van der Waals surface area (Å²) >= 11 is 0. The molecule has 120 valence electrons. The molecule has 0 radical (unpaired) electrons. The highest BCUT2D eigenvalue weighted by atomic mass is 19.4. The molecular formula is C15H29F3N2. The number of halogens is 3. The smallest absolute Gasteiger partial charge is 0.316 e. The quantitative estimate of drug-likeness (QED) is 0.718. The first-order chi connectivity index (χ1) is 9.37. The van der Waals surface area contributed by atoms with Gasteiger partial charge in [0.1, 0.15) is 0 Å². The van der Waals surface area contributed by atoms with Gasteiger partial charge < -0.3 is 10.2 Å². The van der Waals surface area contributed by atoms with Crippen molar-refractivity contribution in [3.05, 3.63) is 0 Å². The first-order valence-electron chi connectivity index (χ1n) is 7.83. The Morgan fingerprint density at radius 1 is 1.10 bits per heavy atom. The zero-order chi connectivity index (χ0) is 15.1. The van der Waals surface area contributed by atoms with Crippen molar-refractivity contribution in [1.29, 1.82) is 0 Å². The van der Waals surface area contributed by atoms with Gasteiger partial charge in [-0.3, -0.25) is 0 Å². The summed E-state index contributed by atoms with van der Waals surface area (Å²) in [5.41, 5.74) is 0.160. The number of nitrogens with zero attached hydrogens (tertiary/aromatic N) is 1. The summed E-state index contributed by atoms with van der Waals surface area (Å²) in [7, 11) is 1.82. The predicted octanol–water partition coefficient (Wildman–Crippen LogP) is 3.82. The molecule has 1 fully saturated rings. The minimum atomic E-state index is -4.05. The van der Waals surface area contributed by atoms with Crippen molar-refractivity contribution in [3.8, 4) is 0 Å². The van der Waals surface area contributed by atoms with E-state index in [1.54, 1.807) is 0 Å². The molecular weight excluding hydrogens is 265 g/mol. The first-order valence-corrected chi connectivity index (χ1v) is 7.83. The normalized spacial score (nSPS) is 20.1. The molecule has 0 amide bonds. The van der Waals surface area contributed by atoms with Crippen molar-refractivity contribution < 1.29 is 13.2 Å². The molecule has 0 aromatic rings. The molecule has 0 aromatic carbocycles. The molecule has 1 aliphatic rings. The third-order valence-corrected chi connectivity index (χ3v) is 4.30. The molecule has 0 atom stereocenters. The second-order valence-electron chi connectivity index (χ2n) is 6.30. The van der Waals surface area contributed by atoms with E-state index < -0.39 is 12.6 Å². The fourth-order valence-corrected chi connectivity index (χ4v) is 3.23. The number of hydrogen-bond acceptors (Lipinski definition) is 2. The van der Waals surface area contributed by atoms with Gasteiger partial charge in [0.25, 0.3) is 0 Å². The van der Waals surface area contributed by atoms with E-state index in [9.17, 15) is 13.2 Å². The first kappa shape index (κ1) is 17.8. The van der Waals surface area contributed by atoms with E-state index in [-0.39, 0.29) is 12.0 Å². The van der Waals surface area contributed by atoms with Gasteiger partial charge in [-0.05, 0) is 31.8 Å². The van der Waals surface area contributed by atoms with E-state index in [0.29, 0.717) is 0 Å². The second kappa shape index (κ2) is 8.23. The lowest BCUT2D eigenvalue weighted by Gasteiger charge is -2.37. The molecule has 1 rings (SSSR count). The molecule has 1 aliphatic carbocycles. The summed E-state index contributed by atoms with van der Waals surface area (Å²) in [6, 6.07) is 0. The van der Waals surface area contributed by atoms with Crippen LogP contribution in [0, 0.1) is 5.41 Å². The van der Waals surface area contributed by atoms with Crippen LogP contribution in [-0.4, -0.2) is 44.3 Å². The van der Waals surface area contributed by atoms with Gasteiger partial charge in [-0.25, -0.2) is 0 Å². The van der Waals surface area contributed by atoms with Crippen molar-refractivity contribution in [2.75, 3.05) is 33.2 Å². The zero-order valence-corrected chi connectivity index (χ0v) is 12.9. The number of hydrogen-bond donors (Lipinski definition) is 1. The van der Waals surface area contributed by atoms with Crippen LogP contribution in [0.3, 0.4) is 0 Å². The van der Waals surface area contributed by atoms with Gasteiger partial charge in [-0.2, -0.15) is 13.2 Å². The summed E-state index contributed by atoms with van der Waals surface area (Å²) in [5, 5.41) is 3.42. The van der Waals surface area contributed by atoms with E-state index >= 15 is 0 Å². The van der Waals surface area contributed by atoms with Gasteiger partial charge in [0, 0.05) is 19.6 Å². The highest BCUT2D eigenvalue weighted by Crippen LogP contribution is 2.35. The van der Waals surface area contributed by atoms with E-state index in [4.69, 9.17) is 0 Å². The van der Waals surface area contributed by atoms with Gasteiger partial charge >= 0.3 is 6.18 Å². The molecule has 0 unspecified atom stereocenters. The van der Waals surface area contributed by atoms with Crippen LogP contribution in [0.25, 0.3) is 0 Å². The number of alkyl halides is 3. The average molecular weight is 294 g/mol. The number of nitrogens with one attached hydrogen (secondary N) is 1. The fraction of sp³-hybridized carbons (Fsp3) is 1.00. The predicted molar refractivity (Wildman–Crippen MR) is 76.8 cm³/mol. The zero-order valence-electron chi connectivity index (χ0n) is 12.9. The third kappa shape index (κ3) is 6.93. The van der Waals surface area contributed by atoms with Crippen molar-refractivity contribution in [2.24, 2.45) is 5.41 Å². The van der Waals surface area contributed by atoms with Gasteiger partial charge in [0.2, 0.25) is 0 Å². The largest absolute Gasteiger partial charge is 0.390 e. The molecule has 20 heavy (non-hydrogen) atoms. The van der Waals surface area contributed by atoms with Crippen LogP contribution in [0.4, 0.5) is 13.2 Å². The van der Waals surface area contributed by atoms with Gasteiger partial charge in [-0.15, -0.1) is 0 Å². The Hall–Kier alpha value is -0.290. The molecule has 0 spiro atoms. The lowest BCUT2D eigenvalue weighted by Crippen LogP contribution is -2.43. The molecule has 2 nitrogen and oxygen atoms in total. The Morgan fingerprint density at radius 2 is 1.70 bits per heavy atom. The maximum Gasteiger partial charge on any atom is 0.390 e. The summed E-state index contributed by atoms with van der Waals surface area (Å²) < 4.78 is 37.0.